The zero-order valence-corrected chi connectivity index (χ0v) is 14.5. The number of carbonyl (C=O) groups excluding carboxylic acids is 1. The molecule has 0 atom stereocenters. The lowest BCUT2D eigenvalue weighted by Gasteiger charge is -2.34. The monoisotopic (exact) mass is 363 g/mol. The molecular weight excluding hydrogens is 345 g/mol. The van der Waals surface area contributed by atoms with Crippen molar-refractivity contribution in [3.8, 4) is 5.75 Å². The molecule has 7 heteroatoms. The van der Waals surface area contributed by atoms with E-state index < -0.39 is 5.82 Å². The van der Waals surface area contributed by atoms with Crippen LogP contribution in [0.15, 0.2) is 42.7 Å². The minimum atomic E-state index is -0.509. The molecule has 0 aliphatic carbocycles. The maximum atomic E-state index is 13.1. The summed E-state index contributed by atoms with van der Waals surface area (Å²) in [6.07, 6.45) is 3.62. The Hall–Kier alpha value is -2.18. The van der Waals surface area contributed by atoms with Crippen molar-refractivity contribution in [2.45, 2.75) is 6.54 Å². The van der Waals surface area contributed by atoms with E-state index in [9.17, 15) is 9.18 Å². The molecule has 0 unspecified atom stereocenters. The van der Waals surface area contributed by atoms with Gasteiger partial charge in [0.05, 0.1) is 5.02 Å². The first-order valence-corrected chi connectivity index (χ1v) is 8.46. The highest BCUT2D eigenvalue weighted by Gasteiger charge is 2.21. The van der Waals surface area contributed by atoms with Gasteiger partial charge in [0.25, 0.3) is 5.91 Å². The second-order valence-corrected chi connectivity index (χ2v) is 6.29. The van der Waals surface area contributed by atoms with E-state index in [1.807, 2.05) is 18.3 Å². The SMILES string of the molecule is O=C(COc1ccc(F)c(Cl)c1)N1CCN(Cc2cccnc2)CC1. The normalized spacial score (nSPS) is 15.2. The largest absolute Gasteiger partial charge is 0.484 e. The lowest BCUT2D eigenvalue weighted by atomic mass is 10.2. The molecule has 1 aliphatic rings. The summed E-state index contributed by atoms with van der Waals surface area (Å²) in [4.78, 5) is 20.4. The van der Waals surface area contributed by atoms with Crippen LogP contribution in [-0.2, 0) is 11.3 Å². The smallest absolute Gasteiger partial charge is 0.260 e. The predicted octanol–water partition coefficient (Wildman–Crippen LogP) is 2.60. The van der Waals surface area contributed by atoms with Gasteiger partial charge >= 0.3 is 0 Å². The van der Waals surface area contributed by atoms with Crippen molar-refractivity contribution in [2.75, 3.05) is 32.8 Å². The van der Waals surface area contributed by atoms with Crippen LogP contribution in [0.5, 0.6) is 5.75 Å². The van der Waals surface area contributed by atoms with Gasteiger partial charge in [-0.2, -0.15) is 0 Å². The molecule has 5 nitrogen and oxygen atoms in total. The Bertz CT molecular complexity index is 722. The van der Waals surface area contributed by atoms with Gasteiger partial charge in [-0.25, -0.2) is 4.39 Å². The second-order valence-electron chi connectivity index (χ2n) is 5.88. The van der Waals surface area contributed by atoms with Crippen molar-refractivity contribution in [1.82, 2.24) is 14.8 Å². The molecule has 0 spiro atoms. The van der Waals surface area contributed by atoms with Gasteiger partial charge in [-0.1, -0.05) is 17.7 Å². The highest BCUT2D eigenvalue weighted by Crippen LogP contribution is 2.21. The highest BCUT2D eigenvalue weighted by molar-refractivity contribution is 6.30. The number of hydrogen-bond acceptors (Lipinski definition) is 4. The number of piperazine rings is 1. The number of nitrogens with zero attached hydrogens (tertiary/aromatic N) is 3. The molecule has 2 heterocycles. The maximum absolute atomic E-state index is 13.1. The van der Waals surface area contributed by atoms with E-state index in [0.29, 0.717) is 18.8 Å². The summed E-state index contributed by atoms with van der Waals surface area (Å²) in [6.45, 7) is 3.69. The number of rotatable bonds is 5. The standard InChI is InChI=1S/C18H19ClFN3O2/c19-16-10-15(3-4-17(16)20)25-13-18(24)23-8-6-22(7-9-23)12-14-2-1-5-21-11-14/h1-5,10-11H,6-9,12-13H2. The fourth-order valence-electron chi connectivity index (χ4n) is 2.71. The average Bonchev–Trinajstić information content (AvgIpc) is 2.64. The minimum Gasteiger partial charge on any atom is -0.484 e. The predicted molar refractivity (Wildman–Crippen MR) is 93.0 cm³/mol. The van der Waals surface area contributed by atoms with Crippen molar-refractivity contribution < 1.29 is 13.9 Å². The van der Waals surface area contributed by atoms with Crippen molar-refractivity contribution in [3.05, 3.63) is 59.1 Å². The van der Waals surface area contributed by atoms with E-state index in [0.717, 1.165) is 19.6 Å². The molecule has 1 aliphatic heterocycles. The van der Waals surface area contributed by atoms with Crippen LogP contribution in [-0.4, -0.2) is 53.5 Å². The molecular formula is C18H19ClFN3O2. The Balaban J connectivity index is 1.44. The Morgan fingerprint density at radius 2 is 2.04 bits per heavy atom. The lowest BCUT2D eigenvalue weighted by molar-refractivity contribution is -0.135. The summed E-state index contributed by atoms with van der Waals surface area (Å²) in [6, 6.07) is 8.02. The summed E-state index contributed by atoms with van der Waals surface area (Å²) < 4.78 is 18.5. The van der Waals surface area contributed by atoms with Crippen LogP contribution in [0, 0.1) is 5.82 Å². The van der Waals surface area contributed by atoms with Crippen LogP contribution in [0.3, 0.4) is 0 Å². The highest BCUT2D eigenvalue weighted by atomic mass is 35.5. The third kappa shape index (κ3) is 4.90. The van der Waals surface area contributed by atoms with E-state index >= 15 is 0 Å². The summed E-state index contributed by atoms with van der Waals surface area (Å²) in [5.41, 5.74) is 1.17. The van der Waals surface area contributed by atoms with Gasteiger partial charge in [-0.15, -0.1) is 0 Å². The number of halogens is 2. The number of carbonyl (C=O) groups is 1. The molecule has 0 N–H and O–H groups in total. The molecule has 3 rings (SSSR count). The van der Waals surface area contributed by atoms with Gasteiger partial charge in [0, 0.05) is 51.2 Å². The van der Waals surface area contributed by atoms with Gasteiger partial charge in [0.1, 0.15) is 11.6 Å². The molecule has 2 aromatic rings. The number of amides is 1. The Morgan fingerprint density at radius 1 is 1.24 bits per heavy atom. The first-order chi connectivity index (χ1) is 12.1. The summed E-state index contributed by atoms with van der Waals surface area (Å²) in [5.74, 6) is -0.207. The van der Waals surface area contributed by atoms with Gasteiger partial charge in [-0.05, 0) is 23.8 Å². The fourth-order valence-corrected chi connectivity index (χ4v) is 2.88. The maximum Gasteiger partial charge on any atom is 0.260 e. The second kappa shape index (κ2) is 8.27. The molecule has 25 heavy (non-hydrogen) atoms. The molecule has 132 valence electrons. The van der Waals surface area contributed by atoms with E-state index in [4.69, 9.17) is 16.3 Å². The topological polar surface area (TPSA) is 45.7 Å². The van der Waals surface area contributed by atoms with Crippen LogP contribution in [0.1, 0.15) is 5.56 Å². The van der Waals surface area contributed by atoms with E-state index in [2.05, 4.69) is 9.88 Å². The van der Waals surface area contributed by atoms with Crippen LogP contribution < -0.4 is 4.74 Å². The molecule has 0 bridgehead atoms. The van der Waals surface area contributed by atoms with E-state index in [-0.39, 0.29) is 17.5 Å². The van der Waals surface area contributed by atoms with Gasteiger partial charge in [-0.3, -0.25) is 14.7 Å². The number of hydrogen-bond donors (Lipinski definition) is 0. The summed E-state index contributed by atoms with van der Waals surface area (Å²) in [7, 11) is 0. The quantitative estimate of drug-likeness (QED) is 0.819. The Kier molecular flexibility index (Phi) is 5.83. The third-order valence-electron chi connectivity index (χ3n) is 4.11. The summed E-state index contributed by atoms with van der Waals surface area (Å²) in [5, 5.41) is -0.0195. The van der Waals surface area contributed by atoms with Crippen molar-refractivity contribution in [3.63, 3.8) is 0 Å². The van der Waals surface area contributed by atoms with Crippen molar-refractivity contribution >= 4 is 17.5 Å². The molecule has 1 aromatic heterocycles. The zero-order valence-electron chi connectivity index (χ0n) is 13.7. The molecule has 0 saturated carbocycles. The molecule has 1 saturated heterocycles. The number of benzene rings is 1. The molecule has 1 aromatic carbocycles. The summed E-state index contributed by atoms with van der Waals surface area (Å²) >= 11 is 5.70. The fraction of sp³-hybridized carbons (Fsp3) is 0.333. The van der Waals surface area contributed by atoms with Gasteiger partial charge in [0.15, 0.2) is 6.61 Å². The van der Waals surface area contributed by atoms with Crippen molar-refractivity contribution in [2.24, 2.45) is 0 Å². The number of aromatic nitrogens is 1. The van der Waals surface area contributed by atoms with Crippen LogP contribution >= 0.6 is 11.6 Å². The van der Waals surface area contributed by atoms with Crippen LogP contribution in [0.25, 0.3) is 0 Å². The molecule has 0 radical (unpaired) electrons. The molecule has 1 amide bonds. The van der Waals surface area contributed by atoms with E-state index in [1.165, 1.54) is 23.8 Å². The number of ether oxygens (including phenoxy) is 1. The van der Waals surface area contributed by atoms with Crippen molar-refractivity contribution in [1.29, 1.82) is 0 Å². The van der Waals surface area contributed by atoms with E-state index in [1.54, 1.807) is 11.1 Å². The first-order valence-electron chi connectivity index (χ1n) is 8.09. The van der Waals surface area contributed by atoms with Gasteiger partial charge in [0.2, 0.25) is 0 Å². The molecule has 1 fully saturated rings. The average molecular weight is 364 g/mol. The van der Waals surface area contributed by atoms with Gasteiger partial charge < -0.3 is 9.64 Å². The lowest BCUT2D eigenvalue weighted by Crippen LogP contribution is -2.49. The minimum absolute atomic E-state index is 0.0195. The van der Waals surface area contributed by atoms with Crippen LogP contribution in [0.4, 0.5) is 4.39 Å². The zero-order chi connectivity index (χ0) is 17.6. The van der Waals surface area contributed by atoms with Crippen LogP contribution in [0.2, 0.25) is 5.02 Å². The Morgan fingerprint density at radius 3 is 2.72 bits per heavy atom. The number of pyridine rings is 1. The third-order valence-corrected chi connectivity index (χ3v) is 4.40. The Labute approximate surface area is 151 Å². The first kappa shape index (κ1) is 17.6.